The fraction of sp³-hybridized carbons (Fsp3) is 0.391. The van der Waals surface area contributed by atoms with Gasteiger partial charge < -0.3 is 15.0 Å². The van der Waals surface area contributed by atoms with E-state index in [1.807, 2.05) is 0 Å². The predicted octanol–water partition coefficient (Wildman–Crippen LogP) is 2.00. The van der Waals surface area contributed by atoms with Gasteiger partial charge in [-0.1, -0.05) is 31.2 Å². The van der Waals surface area contributed by atoms with Crippen LogP contribution in [0.1, 0.15) is 18.9 Å². The van der Waals surface area contributed by atoms with E-state index in [9.17, 15) is 22.4 Å². The van der Waals surface area contributed by atoms with Crippen molar-refractivity contribution in [2.45, 2.75) is 25.9 Å². The molecule has 0 aliphatic carbocycles. The van der Waals surface area contributed by atoms with Gasteiger partial charge in [-0.15, -0.1) is 0 Å². The number of benzene rings is 2. The van der Waals surface area contributed by atoms with Crippen LogP contribution in [-0.4, -0.2) is 70.3 Å². The largest absolute Gasteiger partial charge is 0.497 e. The molecule has 0 unspecified atom stereocenters. The van der Waals surface area contributed by atoms with Crippen LogP contribution >= 0.6 is 0 Å². The standard InChI is InChI=1S/C23H31FN4O5S/c1-6-20(23(30)25-2)27(15-17-10-9-11-18(14-17)33-5)22(29)16-28(34(31,32)26(3)4)21-13-8-7-12-19(21)24/h7-14,20H,6,15-16H2,1-5H3,(H,25,30)/t20-/m0/s1. The maximum atomic E-state index is 14.6. The fourth-order valence-electron chi connectivity index (χ4n) is 3.41. The zero-order valence-corrected chi connectivity index (χ0v) is 20.8. The molecule has 0 spiro atoms. The second kappa shape index (κ2) is 11.8. The SMILES string of the molecule is CC[C@@H](C(=O)NC)N(Cc1cccc(OC)c1)C(=O)CN(c1ccccc1F)S(=O)(=O)N(C)C. The van der Waals surface area contributed by atoms with Crippen LogP contribution in [0.5, 0.6) is 5.75 Å². The summed E-state index contributed by atoms with van der Waals surface area (Å²) < 4.78 is 47.5. The molecule has 2 amide bonds. The van der Waals surface area contributed by atoms with Crippen LogP contribution < -0.4 is 14.4 Å². The van der Waals surface area contributed by atoms with Gasteiger partial charge in [0.1, 0.15) is 24.2 Å². The number of carbonyl (C=O) groups is 2. The Balaban J connectivity index is 2.52. The molecule has 0 bridgehead atoms. The molecule has 1 atom stereocenters. The van der Waals surface area contributed by atoms with Crippen molar-refractivity contribution in [2.24, 2.45) is 0 Å². The summed E-state index contributed by atoms with van der Waals surface area (Å²) in [7, 11) is 1.33. The summed E-state index contributed by atoms with van der Waals surface area (Å²) in [5, 5.41) is 2.54. The Bertz CT molecular complexity index is 1110. The Morgan fingerprint density at radius 3 is 2.35 bits per heavy atom. The van der Waals surface area contributed by atoms with Crippen molar-refractivity contribution in [3.63, 3.8) is 0 Å². The van der Waals surface area contributed by atoms with E-state index in [-0.39, 0.29) is 18.7 Å². The number of hydrogen-bond acceptors (Lipinski definition) is 5. The number of nitrogens with zero attached hydrogens (tertiary/aromatic N) is 3. The van der Waals surface area contributed by atoms with E-state index in [0.717, 1.165) is 10.4 Å². The molecule has 0 aromatic heterocycles. The highest BCUT2D eigenvalue weighted by Crippen LogP contribution is 2.24. The van der Waals surface area contributed by atoms with Gasteiger partial charge in [-0.25, -0.2) is 8.70 Å². The molecule has 0 aliphatic heterocycles. The highest BCUT2D eigenvalue weighted by molar-refractivity contribution is 7.90. The highest BCUT2D eigenvalue weighted by atomic mass is 32.2. The van der Waals surface area contributed by atoms with E-state index in [4.69, 9.17) is 4.74 Å². The van der Waals surface area contributed by atoms with Gasteiger partial charge in [0.2, 0.25) is 11.8 Å². The van der Waals surface area contributed by atoms with Gasteiger partial charge in [0.05, 0.1) is 12.8 Å². The topological polar surface area (TPSA) is 99.3 Å². The number of hydrogen-bond donors (Lipinski definition) is 1. The lowest BCUT2D eigenvalue weighted by Crippen LogP contribution is -2.53. The first-order valence-corrected chi connectivity index (χ1v) is 12.0. The lowest BCUT2D eigenvalue weighted by Gasteiger charge is -2.33. The van der Waals surface area contributed by atoms with Crippen molar-refractivity contribution >= 4 is 27.7 Å². The number of carbonyl (C=O) groups excluding carboxylic acids is 2. The van der Waals surface area contributed by atoms with Gasteiger partial charge in [-0.3, -0.25) is 9.59 Å². The molecular formula is C23H31FN4O5S. The summed E-state index contributed by atoms with van der Waals surface area (Å²) in [6.07, 6.45) is 0.287. The molecule has 9 nitrogen and oxygen atoms in total. The second-order valence-electron chi connectivity index (χ2n) is 7.66. The molecule has 34 heavy (non-hydrogen) atoms. The fourth-order valence-corrected chi connectivity index (χ4v) is 4.47. The Morgan fingerprint density at radius 2 is 1.79 bits per heavy atom. The molecule has 2 rings (SSSR count). The normalized spacial score (nSPS) is 12.2. The van der Waals surface area contributed by atoms with E-state index in [2.05, 4.69) is 5.32 Å². The first-order chi connectivity index (χ1) is 16.1. The molecule has 0 radical (unpaired) electrons. The van der Waals surface area contributed by atoms with Crippen LogP contribution in [0.4, 0.5) is 10.1 Å². The van der Waals surface area contributed by atoms with Crippen LogP contribution in [0.3, 0.4) is 0 Å². The average Bonchev–Trinajstić information content (AvgIpc) is 2.82. The van der Waals surface area contributed by atoms with Gasteiger partial charge in [0.15, 0.2) is 0 Å². The highest BCUT2D eigenvalue weighted by Gasteiger charge is 2.34. The Kier molecular flexibility index (Phi) is 9.39. The zero-order valence-electron chi connectivity index (χ0n) is 20.0. The van der Waals surface area contributed by atoms with Crippen LogP contribution in [0.15, 0.2) is 48.5 Å². The summed E-state index contributed by atoms with van der Waals surface area (Å²) >= 11 is 0. The van der Waals surface area contributed by atoms with Crippen molar-refractivity contribution in [1.29, 1.82) is 0 Å². The van der Waals surface area contributed by atoms with Crippen LogP contribution in [0, 0.1) is 5.82 Å². The summed E-state index contributed by atoms with van der Waals surface area (Å²) in [4.78, 5) is 27.4. The molecule has 0 saturated carbocycles. The molecule has 11 heteroatoms. The summed E-state index contributed by atoms with van der Waals surface area (Å²) in [6.45, 7) is 1.07. The van der Waals surface area contributed by atoms with Crippen molar-refractivity contribution in [3.8, 4) is 5.75 Å². The van der Waals surface area contributed by atoms with Gasteiger partial charge in [0, 0.05) is 27.7 Å². The number of nitrogens with one attached hydrogen (secondary N) is 1. The third-order valence-corrected chi connectivity index (χ3v) is 7.07. The molecule has 2 aromatic carbocycles. The van der Waals surface area contributed by atoms with Crippen LogP contribution in [0.2, 0.25) is 0 Å². The van der Waals surface area contributed by atoms with Gasteiger partial charge >= 0.3 is 10.2 Å². The Morgan fingerprint density at radius 1 is 1.12 bits per heavy atom. The second-order valence-corrected chi connectivity index (χ2v) is 9.73. The lowest BCUT2D eigenvalue weighted by molar-refractivity contribution is -0.140. The number of ether oxygens (including phenoxy) is 1. The summed E-state index contributed by atoms with van der Waals surface area (Å²) in [6, 6.07) is 11.4. The number of rotatable bonds is 11. The predicted molar refractivity (Wildman–Crippen MR) is 128 cm³/mol. The van der Waals surface area contributed by atoms with E-state index in [1.165, 1.54) is 51.4 Å². The number of likely N-dealkylation sites (N-methyl/N-ethyl adjacent to an activating group) is 1. The van der Waals surface area contributed by atoms with Crippen LogP contribution in [0.25, 0.3) is 0 Å². The number of amides is 2. The Hall–Kier alpha value is -3.18. The van der Waals surface area contributed by atoms with Gasteiger partial charge in [-0.2, -0.15) is 12.7 Å². The van der Waals surface area contributed by atoms with Crippen molar-refractivity contribution in [3.05, 3.63) is 59.9 Å². The van der Waals surface area contributed by atoms with Gasteiger partial charge in [-0.05, 0) is 36.2 Å². The number of methoxy groups -OCH3 is 1. The van der Waals surface area contributed by atoms with Crippen molar-refractivity contribution in [1.82, 2.24) is 14.5 Å². The van der Waals surface area contributed by atoms with E-state index in [1.54, 1.807) is 31.2 Å². The molecule has 186 valence electrons. The molecule has 0 heterocycles. The minimum Gasteiger partial charge on any atom is -0.497 e. The first-order valence-electron chi connectivity index (χ1n) is 10.7. The maximum Gasteiger partial charge on any atom is 0.304 e. The van der Waals surface area contributed by atoms with E-state index < -0.39 is 40.4 Å². The zero-order chi connectivity index (χ0) is 25.5. The van der Waals surface area contributed by atoms with Crippen molar-refractivity contribution in [2.75, 3.05) is 39.1 Å². The summed E-state index contributed by atoms with van der Waals surface area (Å²) in [5.41, 5.74) is 0.418. The van der Waals surface area contributed by atoms with E-state index in [0.29, 0.717) is 15.6 Å². The summed E-state index contributed by atoms with van der Waals surface area (Å²) in [5.74, 6) is -1.28. The number of anilines is 1. The smallest absolute Gasteiger partial charge is 0.304 e. The molecule has 1 N–H and O–H groups in total. The minimum atomic E-state index is -4.23. The quantitative estimate of drug-likeness (QED) is 0.515. The molecular weight excluding hydrogens is 463 g/mol. The third kappa shape index (κ3) is 6.23. The van der Waals surface area contributed by atoms with E-state index >= 15 is 0 Å². The molecule has 0 saturated heterocycles. The average molecular weight is 495 g/mol. The Labute approximate surface area is 200 Å². The van der Waals surface area contributed by atoms with Crippen molar-refractivity contribution < 1.29 is 27.1 Å². The number of para-hydroxylation sites is 1. The minimum absolute atomic E-state index is 0.0229. The third-order valence-electron chi connectivity index (χ3n) is 5.26. The molecule has 0 fully saturated rings. The van der Waals surface area contributed by atoms with Gasteiger partial charge in [0.25, 0.3) is 0 Å². The monoisotopic (exact) mass is 494 g/mol. The molecule has 0 aliphatic rings. The number of halogens is 1. The van der Waals surface area contributed by atoms with Crippen LogP contribution in [-0.2, 0) is 26.3 Å². The maximum absolute atomic E-state index is 14.6. The molecule has 2 aromatic rings. The first kappa shape index (κ1) is 27.1. The lowest BCUT2D eigenvalue weighted by atomic mass is 10.1.